The zero-order valence-electron chi connectivity index (χ0n) is 9.38. The number of rotatable bonds is 5. The van der Waals surface area contributed by atoms with Crippen molar-refractivity contribution in [2.24, 2.45) is 10.9 Å². The Hall–Kier alpha value is -1.75. The minimum Gasteiger partial charge on any atom is -0.483 e. The molecule has 1 atom stereocenters. The van der Waals surface area contributed by atoms with Crippen molar-refractivity contribution in [2.45, 2.75) is 19.6 Å². The maximum absolute atomic E-state index is 8.48. The molecule has 1 rings (SSSR count). The van der Waals surface area contributed by atoms with Crippen molar-refractivity contribution in [2.75, 3.05) is 7.11 Å². The summed E-state index contributed by atoms with van der Waals surface area (Å²) in [7, 11) is 1.63. The van der Waals surface area contributed by atoms with Crippen LogP contribution in [0.5, 0.6) is 5.75 Å². The second-order valence-electron chi connectivity index (χ2n) is 3.37. The molecule has 0 aliphatic rings. The van der Waals surface area contributed by atoms with E-state index in [1.165, 1.54) is 0 Å². The Labute approximate surface area is 94.5 Å². The predicted molar refractivity (Wildman–Crippen MR) is 60.7 cm³/mol. The standard InChI is InChI=1S/C11H16N2O3/c1-8(11(12)13-14)16-10-5-3-4-9(6-10)7-15-2/h3-6,8,14H,7H2,1-2H3,(H2,12,13). The van der Waals surface area contributed by atoms with Gasteiger partial charge in [-0.2, -0.15) is 0 Å². The molecule has 0 bridgehead atoms. The first-order valence-corrected chi connectivity index (χ1v) is 4.89. The summed E-state index contributed by atoms with van der Waals surface area (Å²) in [6.07, 6.45) is -0.470. The molecule has 88 valence electrons. The summed E-state index contributed by atoms with van der Waals surface area (Å²) in [5.41, 5.74) is 6.42. The van der Waals surface area contributed by atoms with Gasteiger partial charge < -0.3 is 20.4 Å². The lowest BCUT2D eigenvalue weighted by molar-refractivity contribution is 0.184. The average Bonchev–Trinajstić information content (AvgIpc) is 2.29. The quantitative estimate of drug-likeness (QED) is 0.342. The number of ether oxygens (including phenoxy) is 2. The summed E-state index contributed by atoms with van der Waals surface area (Å²) in [6, 6.07) is 7.46. The van der Waals surface area contributed by atoms with Crippen LogP contribution in [-0.4, -0.2) is 24.3 Å². The van der Waals surface area contributed by atoms with Gasteiger partial charge in [0.1, 0.15) is 5.75 Å². The summed E-state index contributed by atoms with van der Waals surface area (Å²) in [5.74, 6) is 0.700. The van der Waals surface area contributed by atoms with E-state index in [9.17, 15) is 0 Å². The Kier molecular flexibility index (Phi) is 4.60. The highest BCUT2D eigenvalue weighted by atomic mass is 16.5. The number of nitrogens with zero attached hydrogens (tertiary/aromatic N) is 1. The van der Waals surface area contributed by atoms with Crippen molar-refractivity contribution in [1.29, 1.82) is 0 Å². The van der Waals surface area contributed by atoms with Crippen LogP contribution in [0, 0.1) is 0 Å². The van der Waals surface area contributed by atoms with Crippen molar-refractivity contribution < 1.29 is 14.7 Å². The second-order valence-corrected chi connectivity index (χ2v) is 3.37. The molecule has 0 heterocycles. The maximum Gasteiger partial charge on any atom is 0.180 e. The maximum atomic E-state index is 8.48. The molecule has 0 fully saturated rings. The highest BCUT2D eigenvalue weighted by molar-refractivity contribution is 5.84. The molecule has 0 aromatic heterocycles. The fraction of sp³-hybridized carbons (Fsp3) is 0.364. The Morgan fingerprint density at radius 2 is 2.31 bits per heavy atom. The normalized spacial score (nSPS) is 13.5. The van der Waals surface area contributed by atoms with Crippen molar-refractivity contribution in [3.05, 3.63) is 29.8 Å². The van der Waals surface area contributed by atoms with Gasteiger partial charge in [0.2, 0.25) is 0 Å². The average molecular weight is 224 g/mol. The van der Waals surface area contributed by atoms with Crippen LogP contribution in [0.1, 0.15) is 12.5 Å². The van der Waals surface area contributed by atoms with Crippen molar-refractivity contribution in [3.8, 4) is 5.75 Å². The number of methoxy groups -OCH3 is 1. The highest BCUT2D eigenvalue weighted by Crippen LogP contribution is 2.15. The van der Waals surface area contributed by atoms with E-state index in [0.717, 1.165) is 5.56 Å². The smallest absolute Gasteiger partial charge is 0.180 e. The van der Waals surface area contributed by atoms with E-state index in [2.05, 4.69) is 5.16 Å². The van der Waals surface area contributed by atoms with Crippen LogP contribution in [0.2, 0.25) is 0 Å². The van der Waals surface area contributed by atoms with Crippen molar-refractivity contribution in [3.63, 3.8) is 0 Å². The summed E-state index contributed by atoms with van der Waals surface area (Å²) < 4.78 is 10.5. The third kappa shape index (κ3) is 3.43. The largest absolute Gasteiger partial charge is 0.483 e. The van der Waals surface area contributed by atoms with Crippen LogP contribution in [0.4, 0.5) is 0 Å². The Morgan fingerprint density at radius 3 is 2.94 bits per heavy atom. The summed E-state index contributed by atoms with van der Waals surface area (Å²) in [6.45, 7) is 2.23. The first kappa shape index (κ1) is 12.3. The lowest BCUT2D eigenvalue weighted by atomic mass is 10.2. The van der Waals surface area contributed by atoms with Gasteiger partial charge in [-0.05, 0) is 24.6 Å². The molecule has 3 N–H and O–H groups in total. The molecule has 1 aromatic rings. The van der Waals surface area contributed by atoms with Crippen LogP contribution >= 0.6 is 0 Å². The monoisotopic (exact) mass is 224 g/mol. The number of hydrogen-bond acceptors (Lipinski definition) is 4. The molecule has 1 unspecified atom stereocenters. The van der Waals surface area contributed by atoms with Crippen LogP contribution in [0.3, 0.4) is 0 Å². The van der Waals surface area contributed by atoms with Gasteiger partial charge in [-0.15, -0.1) is 0 Å². The van der Waals surface area contributed by atoms with Gasteiger partial charge in [0.15, 0.2) is 11.9 Å². The molecule has 0 saturated carbocycles. The van der Waals surface area contributed by atoms with Gasteiger partial charge in [-0.3, -0.25) is 0 Å². The Morgan fingerprint density at radius 1 is 1.56 bits per heavy atom. The Bertz CT molecular complexity index is 366. The molecular weight excluding hydrogens is 208 g/mol. The highest BCUT2D eigenvalue weighted by Gasteiger charge is 2.09. The topological polar surface area (TPSA) is 77.1 Å². The van der Waals surface area contributed by atoms with E-state index < -0.39 is 6.10 Å². The number of oxime groups is 1. The molecule has 0 aliphatic carbocycles. The molecule has 0 radical (unpaired) electrons. The van der Waals surface area contributed by atoms with Crippen LogP contribution < -0.4 is 10.5 Å². The minimum atomic E-state index is -0.470. The number of nitrogens with two attached hydrogens (primary N) is 1. The SMILES string of the molecule is COCc1cccc(OC(C)C(N)=NO)c1. The molecule has 16 heavy (non-hydrogen) atoms. The van der Waals surface area contributed by atoms with Gasteiger partial charge in [0, 0.05) is 7.11 Å². The molecule has 0 amide bonds. The summed E-state index contributed by atoms with van der Waals surface area (Å²) in [5, 5.41) is 11.4. The summed E-state index contributed by atoms with van der Waals surface area (Å²) in [4.78, 5) is 0. The van der Waals surface area contributed by atoms with E-state index in [1.807, 2.05) is 18.2 Å². The van der Waals surface area contributed by atoms with Gasteiger partial charge in [-0.1, -0.05) is 17.3 Å². The van der Waals surface area contributed by atoms with Gasteiger partial charge >= 0.3 is 0 Å². The molecular formula is C11H16N2O3. The van der Waals surface area contributed by atoms with Gasteiger partial charge in [-0.25, -0.2) is 0 Å². The third-order valence-corrected chi connectivity index (χ3v) is 2.05. The third-order valence-electron chi connectivity index (χ3n) is 2.05. The molecule has 5 heteroatoms. The number of benzene rings is 1. The lowest BCUT2D eigenvalue weighted by Gasteiger charge is -2.13. The Balaban J connectivity index is 2.70. The minimum absolute atomic E-state index is 0.0390. The molecule has 0 saturated heterocycles. The molecule has 0 spiro atoms. The van der Waals surface area contributed by atoms with E-state index in [0.29, 0.717) is 12.4 Å². The second kappa shape index (κ2) is 5.97. The zero-order chi connectivity index (χ0) is 12.0. The lowest BCUT2D eigenvalue weighted by Crippen LogP contribution is -2.31. The number of hydrogen-bond donors (Lipinski definition) is 2. The van der Waals surface area contributed by atoms with E-state index in [1.54, 1.807) is 20.1 Å². The zero-order valence-corrected chi connectivity index (χ0v) is 9.38. The summed E-state index contributed by atoms with van der Waals surface area (Å²) >= 11 is 0. The number of amidine groups is 1. The van der Waals surface area contributed by atoms with Crippen molar-refractivity contribution in [1.82, 2.24) is 0 Å². The molecule has 5 nitrogen and oxygen atoms in total. The first-order valence-electron chi connectivity index (χ1n) is 4.89. The van der Waals surface area contributed by atoms with Gasteiger partial charge in [0.05, 0.1) is 6.61 Å². The van der Waals surface area contributed by atoms with E-state index in [-0.39, 0.29) is 5.84 Å². The predicted octanol–water partition coefficient (Wildman–Crippen LogP) is 1.35. The van der Waals surface area contributed by atoms with E-state index >= 15 is 0 Å². The van der Waals surface area contributed by atoms with E-state index in [4.69, 9.17) is 20.4 Å². The van der Waals surface area contributed by atoms with Gasteiger partial charge in [0.25, 0.3) is 0 Å². The van der Waals surface area contributed by atoms with Crippen molar-refractivity contribution >= 4 is 5.84 Å². The first-order chi connectivity index (χ1) is 7.67. The molecule has 1 aromatic carbocycles. The fourth-order valence-electron chi connectivity index (χ4n) is 1.22. The van der Waals surface area contributed by atoms with Crippen LogP contribution in [0.15, 0.2) is 29.4 Å². The van der Waals surface area contributed by atoms with Crippen LogP contribution in [0.25, 0.3) is 0 Å². The molecule has 0 aliphatic heterocycles. The van der Waals surface area contributed by atoms with Crippen LogP contribution in [-0.2, 0) is 11.3 Å². The fourth-order valence-corrected chi connectivity index (χ4v) is 1.22.